The van der Waals surface area contributed by atoms with Crippen LogP contribution in [0, 0.1) is 29.8 Å². The van der Waals surface area contributed by atoms with Crippen LogP contribution in [0.4, 0.5) is 13.2 Å². The van der Waals surface area contributed by atoms with E-state index in [0.717, 1.165) is 24.5 Å². The van der Waals surface area contributed by atoms with Crippen LogP contribution >= 0.6 is 0 Å². The van der Waals surface area contributed by atoms with Crippen molar-refractivity contribution < 1.29 is 42.4 Å². The quantitative estimate of drug-likeness (QED) is 0.113. The van der Waals surface area contributed by atoms with E-state index in [1.54, 1.807) is 47.9 Å². The normalized spacial score (nSPS) is 14.0. The standard InChI is InChI=1S/C35H32F3NO6/c1-22-26(19-35(15-16-35)20-30(40)41)32-27(36)14-11-24(34(32)39(22)21-31(42)43)10-7-23-8-12-25(13-9-23)44-17-2-3-18-45-29-6-4-5-28(37)33(29)38/h2-14H,15-21H2,1H3,(H,40,41)(H,42,43). The molecule has 10 heteroatoms. The summed E-state index contributed by atoms with van der Waals surface area (Å²) in [7, 11) is 0. The first-order valence-corrected chi connectivity index (χ1v) is 14.4. The molecule has 0 atom stereocenters. The zero-order valence-electron chi connectivity index (χ0n) is 24.6. The second-order valence-electron chi connectivity index (χ2n) is 11.2. The Bertz CT molecular complexity index is 1790. The van der Waals surface area contributed by atoms with Gasteiger partial charge in [-0.2, -0.15) is 4.39 Å². The number of benzene rings is 3. The Morgan fingerprint density at radius 3 is 2.27 bits per heavy atom. The average molecular weight is 620 g/mol. The predicted molar refractivity (Wildman–Crippen MR) is 164 cm³/mol. The number of fused-ring (bicyclic) bond motifs is 1. The van der Waals surface area contributed by atoms with Crippen molar-refractivity contribution in [3.63, 3.8) is 0 Å². The lowest BCUT2D eigenvalue weighted by atomic mass is 9.91. The van der Waals surface area contributed by atoms with E-state index in [0.29, 0.717) is 39.9 Å². The molecule has 234 valence electrons. The van der Waals surface area contributed by atoms with Gasteiger partial charge >= 0.3 is 11.9 Å². The van der Waals surface area contributed by atoms with Crippen LogP contribution in [0.3, 0.4) is 0 Å². The molecule has 4 aromatic rings. The van der Waals surface area contributed by atoms with Crippen molar-refractivity contribution in [1.82, 2.24) is 4.57 Å². The molecule has 1 saturated carbocycles. The molecule has 0 amide bonds. The molecule has 0 radical (unpaired) electrons. The molecule has 45 heavy (non-hydrogen) atoms. The van der Waals surface area contributed by atoms with Crippen molar-refractivity contribution in [2.75, 3.05) is 13.2 Å². The molecule has 7 nitrogen and oxygen atoms in total. The number of hydrogen-bond donors (Lipinski definition) is 2. The van der Waals surface area contributed by atoms with Crippen molar-refractivity contribution in [2.24, 2.45) is 5.41 Å². The molecule has 2 N–H and O–H groups in total. The van der Waals surface area contributed by atoms with Crippen LogP contribution in [-0.4, -0.2) is 39.9 Å². The average Bonchev–Trinajstić information content (AvgIpc) is 3.70. The molecule has 0 saturated heterocycles. The van der Waals surface area contributed by atoms with Crippen molar-refractivity contribution >= 4 is 35.0 Å². The summed E-state index contributed by atoms with van der Waals surface area (Å²) in [6, 6.07) is 13.9. The third-order valence-corrected chi connectivity index (χ3v) is 8.00. The number of rotatable bonds is 14. The molecular formula is C35H32F3NO6. The fourth-order valence-corrected chi connectivity index (χ4v) is 5.52. The SMILES string of the molecule is Cc1c(CC2(CC(=O)O)CC2)c2c(F)ccc(C=Cc3ccc(OCC=CCOc4cccc(F)c4F)cc3)c2n1CC(=O)O. The zero-order chi connectivity index (χ0) is 32.1. The van der Waals surface area contributed by atoms with Gasteiger partial charge in [-0.25, -0.2) is 8.78 Å². The van der Waals surface area contributed by atoms with Crippen LogP contribution in [-0.2, 0) is 22.6 Å². The summed E-state index contributed by atoms with van der Waals surface area (Å²) in [4.78, 5) is 23.2. The lowest BCUT2D eigenvalue weighted by Crippen LogP contribution is -2.13. The van der Waals surface area contributed by atoms with E-state index in [9.17, 15) is 28.6 Å². The van der Waals surface area contributed by atoms with Gasteiger partial charge in [-0.05, 0) is 96.8 Å². The number of carbonyl (C=O) groups is 2. The molecule has 0 aliphatic heterocycles. The van der Waals surface area contributed by atoms with E-state index in [4.69, 9.17) is 9.47 Å². The first kappa shape index (κ1) is 31.4. The molecule has 1 aromatic heterocycles. The van der Waals surface area contributed by atoms with E-state index < -0.39 is 34.8 Å². The molecule has 1 aliphatic rings. The predicted octanol–water partition coefficient (Wildman–Crippen LogP) is 7.43. The molecule has 0 spiro atoms. The van der Waals surface area contributed by atoms with Gasteiger partial charge in [0.15, 0.2) is 11.6 Å². The lowest BCUT2D eigenvalue weighted by molar-refractivity contribution is -0.139. The van der Waals surface area contributed by atoms with Crippen LogP contribution in [0.1, 0.15) is 41.6 Å². The number of nitrogens with zero attached hydrogens (tertiary/aromatic N) is 1. The number of hydrogen-bond acceptors (Lipinski definition) is 4. The van der Waals surface area contributed by atoms with Gasteiger partial charge in [0.25, 0.3) is 0 Å². The highest BCUT2D eigenvalue weighted by molar-refractivity contribution is 5.95. The van der Waals surface area contributed by atoms with Crippen LogP contribution in [0.15, 0.2) is 66.7 Å². The van der Waals surface area contributed by atoms with Crippen molar-refractivity contribution in [2.45, 2.75) is 39.2 Å². The maximum atomic E-state index is 15.3. The highest BCUT2D eigenvalue weighted by Crippen LogP contribution is 2.53. The van der Waals surface area contributed by atoms with Gasteiger partial charge < -0.3 is 24.3 Å². The van der Waals surface area contributed by atoms with E-state index in [1.165, 1.54) is 18.2 Å². The summed E-state index contributed by atoms with van der Waals surface area (Å²) in [5.41, 5.74) is 2.76. The first-order chi connectivity index (χ1) is 21.6. The summed E-state index contributed by atoms with van der Waals surface area (Å²) in [5.74, 6) is -4.01. The molecule has 3 aromatic carbocycles. The Kier molecular flexibility index (Phi) is 9.32. The highest BCUT2D eigenvalue weighted by atomic mass is 19.2. The minimum Gasteiger partial charge on any atom is -0.490 e. The summed E-state index contributed by atoms with van der Waals surface area (Å²) in [6.07, 6.45) is 8.78. The van der Waals surface area contributed by atoms with Gasteiger partial charge in [-0.15, -0.1) is 0 Å². The maximum absolute atomic E-state index is 15.3. The fraction of sp³-hybridized carbons (Fsp3) is 0.257. The third-order valence-electron chi connectivity index (χ3n) is 8.00. The number of carboxylic acid groups (broad SMARTS) is 2. The third kappa shape index (κ3) is 7.39. The summed E-state index contributed by atoms with van der Waals surface area (Å²) in [6.45, 7) is 1.68. The molecule has 0 bridgehead atoms. The molecule has 5 rings (SSSR count). The second-order valence-corrected chi connectivity index (χ2v) is 11.2. The number of aromatic nitrogens is 1. The van der Waals surface area contributed by atoms with Crippen LogP contribution in [0.2, 0.25) is 0 Å². The topological polar surface area (TPSA) is 98.0 Å². The van der Waals surface area contributed by atoms with Crippen LogP contribution < -0.4 is 9.47 Å². The number of halogens is 3. The molecule has 0 unspecified atom stereocenters. The minimum atomic E-state index is -1.06. The van der Waals surface area contributed by atoms with E-state index in [-0.39, 0.29) is 31.9 Å². The maximum Gasteiger partial charge on any atom is 0.323 e. The van der Waals surface area contributed by atoms with Crippen LogP contribution in [0.25, 0.3) is 23.1 Å². The molecular weight excluding hydrogens is 587 g/mol. The van der Waals surface area contributed by atoms with Gasteiger partial charge in [-0.3, -0.25) is 9.59 Å². The zero-order valence-corrected chi connectivity index (χ0v) is 24.6. The largest absolute Gasteiger partial charge is 0.490 e. The minimum absolute atomic E-state index is 0.0124. The number of ether oxygens (including phenoxy) is 2. The van der Waals surface area contributed by atoms with Crippen molar-refractivity contribution in [3.8, 4) is 11.5 Å². The van der Waals surface area contributed by atoms with Gasteiger partial charge in [0.2, 0.25) is 5.82 Å². The molecule has 1 aliphatic carbocycles. The number of carboxylic acids is 2. The summed E-state index contributed by atoms with van der Waals surface area (Å²) < 4.78 is 54.7. The van der Waals surface area contributed by atoms with Crippen molar-refractivity contribution in [1.29, 1.82) is 0 Å². The van der Waals surface area contributed by atoms with E-state index in [2.05, 4.69) is 0 Å². The Morgan fingerprint density at radius 2 is 1.60 bits per heavy atom. The first-order valence-electron chi connectivity index (χ1n) is 14.4. The van der Waals surface area contributed by atoms with Gasteiger partial charge in [0.1, 0.15) is 31.3 Å². The highest BCUT2D eigenvalue weighted by Gasteiger charge is 2.45. The Morgan fingerprint density at radius 1 is 0.889 bits per heavy atom. The Balaban J connectivity index is 1.28. The van der Waals surface area contributed by atoms with E-state index in [1.807, 2.05) is 18.2 Å². The van der Waals surface area contributed by atoms with Gasteiger partial charge in [0.05, 0.1) is 11.9 Å². The lowest BCUT2D eigenvalue weighted by Gasteiger charge is -2.13. The Labute approximate surface area is 257 Å². The van der Waals surface area contributed by atoms with Crippen molar-refractivity contribution in [3.05, 3.63) is 107 Å². The Hall–Kier alpha value is -4.99. The fourth-order valence-electron chi connectivity index (χ4n) is 5.52. The van der Waals surface area contributed by atoms with E-state index >= 15 is 4.39 Å². The van der Waals surface area contributed by atoms with Gasteiger partial charge in [-0.1, -0.05) is 30.4 Å². The van der Waals surface area contributed by atoms with Gasteiger partial charge in [0, 0.05) is 11.1 Å². The van der Waals surface area contributed by atoms with Crippen LogP contribution in [0.5, 0.6) is 11.5 Å². The summed E-state index contributed by atoms with van der Waals surface area (Å²) in [5, 5.41) is 19.4. The number of aliphatic carboxylic acids is 2. The second kappa shape index (κ2) is 13.3. The summed E-state index contributed by atoms with van der Waals surface area (Å²) >= 11 is 0. The molecule has 1 fully saturated rings. The smallest absolute Gasteiger partial charge is 0.323 e. The molecule has 1 heterocycles. The monoisotopic (exact) mass is 619 g/mol.